The molecule has 0 radical (unpaired) electrons. The van der Waals surface area contributed by atoms with E-state index in [1.807, 2.05) is 12.3 Å². The zero-order valence-electron chi connectivity index (χ0n) is 11.0. The normalized spacial score (nSPS) is 11.7. The van der Waals surface area contributed by atoms with Gasteiger partial charge >= 0.3 is 6.18 Å². The predicted molar refractivity (Wildman–Crippen MR) is 72.0 cm³/mol. The molecule has 6 heteroatoms. The van der Waals surface area contributed by atoms with Crippen molar-refractivity contribution >= 4 is 11.3 Å². The van der Waals surface area contributed by atoms with Crippen LogP contribution in [-0.4, -0.2) is 13.9 Å². The molecule has 0 atom stereocenters. The topological polar surface area (TPSA) is 18.5 Å². The molecule has 0 spiro atoms. The third-order valence-corrected chi connectivity index (χ3v) is 3.82. The molecule has 0 aliphatic heterocycles. The molecule has 1 aromatic heterocycles. The Balaban J connectivity index is 2.42. The highest BCUT2D eigenvalue weighted by molar-refractivity contribution is 7.14. The van der Waals surface area contributed by atoms with Crippen molar-refractivity contribution < 1.29 is 22.6 Å². The molecule has 2 rings (SSSR count). The van der Waals surface area contributed by atoms with Crippen LogP contribution in [0.2, 0.25) is 0 Å². The van der Waals surface area contributed by atoms with Crippen LogP contribution in [0.15, 0.2) is 29.6 Å². The molecule has 1 heterocycles. The lowest BCUT2D eigenvalue weighted by molar-refractivity contribution is -0.137. The summed E-state index contributed by atoms with van der Waals surface area (Å²) in [4.78, 5) is 0.672. The standard InChI is InChI=1S/C14H13F3O2S/c1-9-7-20-13(12(9)19-8-18-2)10-4-3-5-11(6-10)14(15,16)17/h3-7H,8H2,1-2H3. The summed E-state index contributed by atoms with van der Waals surface area (Å²) in [5.41, 5.74) is 0.697. The molecule has 0 bridgehead atoms. The minimum Gasteiger partial charge on any atom is -0.466 e. The Bertz CT molecular complexity index is 590. The van der Waals surface area contributed by atoms with Gasteiger partial charge in [-0.2, -0.15) is 13.2 Å². The van der Waals surface area contributed by atoms with Gasteiger partial charge in [0.15, 0.2) is 6.79 Å². The van der Waals surface area contributed by atoms with Gasteiger partial charge in [-0.1, -0.05) is 12.1 Å². The van der Waals surface area contributed by atoms with E-state index in [0.717, 1.165) is 17.7 Å². The molecule has 0 aliphatic rings. The van der Waals surface area contributed by atoms with Gasteiger partial charge in [0.1, 0.15) is 5.75 Å². The van der Waals surface area contributed by atoms with Crippen molar-refractivity contribution in [1.29, 1.82) is 0 Å². The van der Waals surface area contributed by atoms with Gasteiger partial charge in [-0.3, -0.25) is 0 Å². The summed E-state index contributed by atoms with van der Waals surface area (Å²) in [6.07, 6.45) is -4.35. The van der Waals surface area contributed by atoms with E-state index in [2.05, 4.69) is 0 Å². The second kappa shape index (κ2) is 5.85. The predicted octanol–water partition coefficient (Wildman–Crippen LogP) is 4.73. The van der Waals surface area contributed by atoms with Gasteiger partial charge in [0.25, 0.3) is 0 Å². The Hall–Kier alpha value is -1.53. The average molecular weight is 302 g/mol. The maximum atomic E-state index is 12.7. The van der Waals surface area contributed by atoms with Gasteiger partial charge < -0.3 is 9.47 Å². The molecule has 0 fully saturated rings. The molecule has 0 amide bonds. The second-order valence-corrected chi connectivity index (χ2v) is 5.09. The molecule has 2 nitrogen and oxygen atoms in total. The fourth-order valence-electron chi connectivity index (χ4n) is 1.77. The van der Waals surface area contributed by atoms with Crippen LogP contribution in [0.1, 0.15) is 11.1 Å². The second-order valence-electron chi connectivity index (χ2n) is 4.21. The smallest absolute Gasteiger partial charge is 0.416 e. The first kappa shape index (κ1) is 14.9. The Kier molecular flexibility index (Phi) is 4.35. The number of halogens is 3. The van der Waals surface area contributed by atoms with Crippen LogP contribution in [0.25, 0.3) is 10.4 Å². The lowest BCUT2D eigenvalue weighted by atomic mass is 10.1. The fraction of sp³-hybridized carbons (Fsp3) is 0.286. The number of ether oxygens (including phenoxy) is 2. The monoisotopic (exact) mass is 302 g/mol. The minimum absolute atomic E-state index is 0.0591. The van der Waals surface area contributed by atoms with Gasteiger partial charge in [-0.05, 0) is 30.0 Å². The number of hydrogen-bond acceptors (Lipinski definition) is 3. The Labute approximate surface area is 118 Å². The molecule has 1 aromatic carbocycles. The van der Waals surface area contributed by atoms with Crippen molar-refractivity contribution in [3.05, 3.63) is 40.8 Å². The average Bonchev–Trinajstić information content (AvgIpc) is 2.77. The third-order valence-electron chi connectivity index (χ3n) is 2.69. The van der Waals surface area contributed by atoms with Gasteiger partial charge in [0, 0.05) is 12.7 Å². The fourth-order valence-corrected chi connectivity index (χ4v) is 2.76. The van der Waals surface area contributed by atoms with E-state index in [9.17, 15) is 13.2 Å². The Morgan fingerprint density at radius 3 is 2.65 bits per heavy atom. The summed E-state index contributed by atoms with van der Waals surface area (Å²) >= 11 is 1.35. The summed E-state index contributed by atoms with van der Waals surface area (Å²) in [6, 6.07) is 5.22. The summed E-state index contributed by atoms with van der Waals surface area (Å²) < 4.78 is 48.5. The number of alkyl halides is 3. The maximum absolute atomic E-state index is 12.7. The summed E-state index contributed by atoms with van der Waals surface area (Å²) in [7, 11) is 1.49. The summed E-state index contributed by atoms with van der Waals surface area (Å²) in [5.74, 6) is 0.566. The van der Waals surface area contributed by atoms with Crippen molar-refractivity contribution in [2.24, 2.45) is 0 Å². The molecule has 108 valence electrons. The molecule has 20 heavy (non-hydrogen) atoms. The van der Waals surface area contributed by atoms with E-state index in [1.165, 1.54) is 24.5 Å². The van der Waals surface area contributed by atoms with E-state index in [4.69, 9.17) is 9.47 Å². The molecular formula is C14H13F3O2S. The van der Waals surface area contributed by atoms with Crippen LogP contribution in [0, 0.1) is 6.92 Å². The molecule has 0 N–H and O–H groups in total. The van der Waals surface area contributed by atoms with Crippen molar-refractivity contribution in [3.63, 3.8) is 0 Å². The largest absolute Gasteiger partial charge is 0.466 e. The van der Waals surface area contributed by atoms with Crippen molar-refractivity contribution in [3.8, 4) is 16.2 Å². The zero-order chi connectivity index (χ0) is 14.8. The Morgan fingerprint density at radius 1 is 1.25 bits per heavy atom. The SMILES string of the molecule is COCOc1c(C)csc1-c1cccc(C(F)(F)F)c1. The van der Waals surface area contributed by atoms with E-state index >= 15 is 0 Å². The van der Waals surface area contributed by atoms with Crippen LogP contribution in [-0.2, 0) is 10.9 Å². The highest BCUT2D eigenvalue weighted by Crippen LogP contribution is 2.40. The van der Waals surface area contributed by atoms with Gasteiger partial charge in [-0.25, -0.2) is 0 Å². The van der Waals surface area contributed by atoms with Crippen molar-refractivity contribution in [2.75, 3.05) is 13.9 Å². The van der Waals surface area contributed by atoms with Crippen LogP contribution in [0.4, 0.5) is 13.2 Å². The maximum Gasteiger partial charge on any atom is 0.416 e. The first-order valence-electron chi connectivity index (χ1n) is 5.81. The number of aryl methyl sites for hydroxylation is 1. The van der Waals surface area contributed by atoms with E-state index in [1.54, 1.807) is 6.07 Å². The first-order chi connectivity index (χ1) is 9.43. The summed E-state index contributed by atoms with van der Waals surface area (Å²) in [5, 5.41) is 1.85. The molecule has 0 saturated heterocycles. The number of hydrogen-bond donors (Lipinski definition) is 0. The van der Waals surface area contributed by atoms with Crippen molar-refractivity contribution in [2.45, 2.75) is 13.1 Å². The Morgan fingerprint density at radius 2 is 2.00 bits per heavy atom. The van der Waals surface area contributed by atoms with E-state index in [0.29, 0.717) is 16.2 Å². The van der Waals surface area contributed by atoms with Crippen LogP contribution in [0.5, 0.6) is 5.75 Å². The third kappa shape index (κ3) is 3.13. The molecular weight excluding hydrogens is 289 g/mol. The quantitative estimate of drug-likeness (QED) is 0.760. The van der Waals surface area contributed by atoms with Crippen LogP contribution < -0.4 is 4.74 Å². The number of thiophene rings is 1. The molecule has 2 aromatic rings. The number of rotatable bonds is 4. The van der Waals surface area contributed by atoms with Gasteiger partial charge in [-0.15, -0.1) is 11.3 Å². The van der Waals surface area contributed by atoms with Crippen LogP contribution >= 0.6 is 11.3 Å². The number of benzene rings is 1. The first-order valence-corrected chi connectivity index (χ1v) is 6.69. The highest BCUT2D eigenvalue weighted by Gasteiger charge is 2.30. The summed E-state index contributed by atoms with van der Waals surface area (Å²) in [6.45, 7) is 1.90. The lowest BCUT2D eigenvalue weighted by Crippen LogP contribution is -2.04. The van der Waals surface area contributed by atoms with Gasteiger partial charge in [0.05, 0.1) is 10.4 Å². The lowest BCUT2D eigenvalue weighted by Gasteiger charge is -2.10. The number of methoxy groups -OCH3 is 1. The van der Waals surface area contributed by atoms with Crippen molar-refractivity contribution in [1.82, 2.24) is 0 Å². The highest BCUT2D eigenvalue weighted by atomic mass is 32.1. The molecule has 0 aliphatic carbocycles. The van der Waals surface area contributed by atoms with Gasteiger partial charge in [0.2, 0.25) is 0 Å². The van der Waals surface area contributed by atoms with E-state index in [-0.39, 0.29) is 6.79 Å². The van der Waals surface area contributed by atoms with E-state index < -0.39 is 11.7 Å². The molecule has 0 unspecified atom stereocenters. The van der Waals surface area contributed by atoms with Crippen LogP contribution in [0.3, 0.4) is 0 Å². The molecule has 0 saturated carbocycles. The zero-order valence-corrected chi connectivity index (χ0v) is 11.8. The minimum atomic E-state index is -4.35.